The second-order valence-corrected chi connectivity index (χ2v) is 4.93. The van der Waals surface area contributed by atoms with Crippen molar-refractivity contribution in [2.45, 2.75) is 39.2 Å². The highest BCUT2D eigenvalue weighted by atomic mass is 19.1. The second kappa shape index (κ2) is 4.51. The van der Waals surface area contributed by atoms with Crippen LogP contribution in [0.4, 0.5) is 10.2 Å². The van der Waals surface area contributed by atoms with Crippen LogP contribution in [-0.4, -0.2) is 27.1 Å². The van der Waals surface area contributed by atoms with Crippen LogP contribution >= 0.6 is 0 Å². The topological polar surface area (TPSA) is 75.1 Å². The molecule has 6 heteroatoms. The highest BCUT2D eigenvalue weighted by Crippen LogP contribution is 2.39. The maximum Gasteiger partial charge on any atom is 0.311 e. The van der Waals surface area contributed by atoms with Crippen molar-refractivity contribution in [1.29, 1.82) is 0 Å². The van der Waals surface area contributed by atoms with E-state index in [0.29, 0.717) is 12.8 Å². The maximum absolute atomic E-state index is 13.8. The fourth-order valence-corrected chi connectivity index (χ4v) is 2.38. The standard InChI is InChI=1S/C12H16FN3O2/c1-7-9(13)10(15-6-14-7)16-8-4-3-5-12(8,2)11(17)18/h6,8H,3-5H2,1-2H3,(H,17,18)(H,14,15,16). The van der Waals surface area contributed by atoms with Gasteiger partial charge in [-0.25, -0.2) is 14.4 Å². The molecule has 2 unspecified atom stereocenters. The zero-order chi connectivity index (χ0) is 13.3. The summed E-state index contributed by atoms with van der Waals surface area (Å²) in [6.45, 7) is 3.24. The van der Waals surface area contributed by atoms with E-state index < -0.39 is 17.2 Å². The molecule has 1 saturated carbocycles. The molecule has 98 valence electrons. The molecule has 0 amide bonds. The Balaban J connectivity index is 2.24. The average molecular weight is 253 g/mol. The molecule has 0 spiro atoms. The molecular formula is C12H16FN3O2. The largest absolute Gasteiger partial charge is 0.481 e. The third-order valence-corrected chi connectivity index (χ3v) is 3.72. The summed E-state index contributed by atoms with van der Waals surface area (Å²) >= 11 is 0. The summed E-state index contributed by atoms with van der Waals surface area (Å²) < 4.78 is 13.8. The quantitative estimate of drug-likeness (QED) is 0.861. The smallest absolute Gasteiger partial charge is 0.311 e. The number of nitrogens with one attached hydrogen (secondary N) is 1. The third-order valence-electron chi connectivity index (χ3n) is 3.72. The number of aryl methyl sites for hydroxylation is 1. The fourth-order valence-electron chi connectivity index (χ4n) is 2.38. The highest BCUT2D eigenvalue weighted by molar-refractivity contribution is 5.76. The van der Waals surface area contributed by atoms with Crippen LogP contribution in [0.2, 0.25) is 0 Å². The Labute approximate surface area is 104 Å². The molecule has 5 nitrogen and oxygen atoms in total. The molecule has 1 aromatic rings. The molecule has 0 aromatic carbocycles. The molecule has 1 aromatic heterocycles. The van der Waals surface area contributed by atoms with Gasteiger partial charge >= 0.3 is 5.97 Å². The van der Waals surface area contributed by atoms with Gasteiger partial charge in [-0.15, -0.1) is 0 Å². The number of carboxylic acid groups (broad SMARTS) is 1. The number of aromatic nitrogens is 2. The summed E-state index contributed by atoms with van der Waals surface area (Å²) in [4.78, 5) is 18.9. The van der Waals surface area contributed by atoms with Crippen LogP contribution in [0.5, 0.6) is 0 Å². The molecule has 1 heterocycles. The van der Waals surface area contributed by atoms with Gasteiger partial charge in [-0.3, -0.25) is 4.79 Å². The van der Waals surface area contributed by atoms with Gasteiger partial charge in [0.2, 0.25) is 0 Å². The molecule has 1 aliphatic carbocycles. The molecule has 1 aliphatic rings. The maximum atomic E-state index is 13.8. The summed E-state index contributed by atoms with van der Waals surface area (Å²) in [5.74, 6) is -1.29. The average Bonchev–Trinajstić information content (AvgIpc) is 2.68. The number of anilines is 1. The number of nitrogens with zero attached hydrogens (tertiary/aromatic N) is 2. The number of carboxylic acids is 1. The minimum Gasteiger partial charge on any atom is -0.481 e. The highest BCUT2D eigenvalue weighted by Gasteiger charge is 2.45. The Morgan fingerprint density at radius 1 is 1.61 bits per heavy atom. The van der Waals surface area contributed by atoms with Crippen molar-refractivity contribution in [2.24, 2.45) is 5.41 Å². The van der Waals surface area contributed by atoms with Crippen LogP contribution in [0.1, 0.15) is 31.9 Å². The van der Waals surface area contributed by atoms with E-state index in [9.17, 15) is 14.3 Å². The lowest BCUT2D eigenvalue weighted by atomic mass is 9.85. The van der Waals surface area contributed by atoms with Crippen molar-refractivity contribution in [3.63, 3.8) is 0 Å². The fraction of sp³-hybridized carbons (Fsp3) is 0.583. The van der Waals surface area contributed by atoms with E-state index in [1.54, 1.807) is 13.8 Å². The van der Waals surface area contributed by atoms with Crippen LogP contribution in [0.15, 0.2) is 6.33 Å². The minimum absolute atomic E-state index is 0.0851. The number of halogens is 1. The van der Waals surface area contributed by atoms with Gasteiger partial charge in [-0.1, -0.05) is 6.42 Å². The normalized spacial score (nSPS) is 27.2. The minimum atomic E-state index is -0.870. The number of hydrogen-bond acceptors (Lipinski definition) is 4. The summed E-state index contributed by atoms with van der Waals surface area (Å²) in [5.41, 5.74) is -0.617. The lowest BCUT2D eigenvalue weighted by Crippen LogP contribution is -2.40. The first-order valence-electron chi connectivity index (χ1n) is 5.92. The predicted molar refractivity (Wildman–Crippen MR) is 63.7 cm³/mol. The first-order chi connectivity index (χ1) is 8.45. The van der Waals surface area contributed by atoms with E-state index >= 15 is 0 Å². The number of carbonyl (C=O) groups is 1. The van der Waals surface area contributed by atoms with Crippen molar-refractivity contribution in [1.82, 2.24) is 9.97 Å². The summed E-state index contributed by atoms with van der Waals surface area (Å²) in [6.07, 6.45) is 3.37. The van der Waals surface area contributed by atoms with Gasteiger partial charge in [-0.05, 0) is 26.7 Å². The van der Waals surface area contributed by atoms with Crippen molar-refractivity contribution in [3.8, 4) is 0 Å². The van der Waals surface area contributed by atoms with E-state index in [2.05, 4.69) is 15.3 Å². The molecular weight excluding hydrogens is 237 g/mol. The third kappa shape index (κ3) is 2.02. The molecule has 0 radical (unpaired) electrons. The Hall–Kier alpha value is -1.72. The first-order valence-corrected chi connectivity index (χ1v) is 5.92. The molecule has 0 saturated heterocycles. The molecule has 18 heavy (non-hydrogen) atoms. The van der Waals surface area contributed by atoms with Crippen LogP contribution < -0.4 is 5.32 Å². The summed E-state index contributed by atoms with van der Waals surface area (Å²) in [7, 11) is 0. The Bertz CT molecular complexity index is 480. The molecule has 0 aliphatic heterocycles. The number of aliphatic carboxylic acids is 1. The van der Waals surface area contributed by atoms with Crippen LogP contribution in [0.3, 0.4) is 0 Å². The van der Waals surface area contributed by atoms with Crippen molar-refractivity contribution < 1.29 is 14.3 Å². The molecule has 2 rings (SSSR count). The van der Waals surface area contributed by atoms with Crippen molar-refractivity contribution in [3.05, 3.63) is 17.8 Å². The first kappa shape index (κ1) is 12.7. The Kier molecular flexibility index (Phi) is 3.19. The molecule has 1 fully saturated rings. The SMILES string of the molecule is Cc1ncnc(NC2CCCC2(C)C(=O)O)c1F. The van der Waals surface area contributed by atoms with E-state index in [-0.39, 0.29) is 17.6 Å². The monoisotopic (exact) mass is 253 g/mol. The van der Waals surface area contributed by atoms with Gasteiger partial charge in [0.15, 0.2) is 11.6 Å². The van der Waals surface area contributed by atoms with Gasteiger partial charge in [0.05, 0.1) is 11.1 Å². The van der Waals surface area contributed by atoms with Gasteiger partial charge < -0.3 is 10.4 Å². The van der Waals surface area contributed by atoms with Crippen molar-refractivity contribution in [2.75, 3.05) is 5.32 Å². The predicted octanol–water partition coefficient (Wildman–Crippen LogP) is 1.98. The van der Waals surface area contributed by atoms with E-state index in [4.69, 9.17) is 0 Å². The van der Waals surface area contributed by atoms with Gasteiger partial charge in [0.25, 0.3) is 0 Å². The van der Waals surface area contributed by atoms with Crippen LogP contribution in [-0.2, 0) is 4.79 Å². The zero-order valence-corrected chi connectivity index (χ0v) is 10.4. The summed E-state index contributed by atoms with van der Waals surface area (Å²) in [5, 5.41) is 12.2. The lowest BCUT2D eigenvalue weighted by Gasteiger charge is -2.28. The Morgan fingerprint density at radius 3 is 3.00 bits per heavy atom. The van der Waals surface area contributed by atoms with E-state index in [1.165, 1.54) is 6.33 Å². The van der Waals surface area contributed by atoms with Gasteiger partial charge in [-0.2, -0.15) is 0 Å². The van der Waals surface area contributed by atoms with Crippen molar-refractivity contribution >= 4 is 11.8 Å². The molecule has 2 atom stereocenters. The van der Waals surface area contributed by atoms with E-state index in [0.717, 1.165) is 6.42 Å². The Morgan fingerprint density at radius 2 is 2.33 bits per heavy atom. The second-order valence-electron chi connectivity index (χ2n) is 4.93. The van der Waals surface area contributed by atoms with Crippen LogP contribution in [0, 0.1) is 18.2 Å². The van der Waals surface area contributed by atoms with E-state index in [1.807, 2.05) is 0 Å². The zero-order valence-electron chi connectivity index (χ0n) is 10.4. The molecule has 0 bridgehead atoms. The van der Waals surface area contributed by atoms with Gasteiger partial charge in [0.1, 0.15) is 6.33 Å². The number of rotatable bonds is 3. The van der Waals surface area contributed by atoms with Crippen LogP contribution in [0.25, 0.3) is 0 Å². The van der Waals surface area contributed by atoms with Gasteiger partial charge in [0, 0.05) is 6.04 Å². The lowest BCUT2D eigenvalue weighted by molar-refractivity contribution is -0.147. The summed E-state index contributed by atoms with van der Waals surface area (Å²) in [6, 6.07) is -0.307. The number of hydrogen-bond donors (Lipinski definition) is 2. The molecule has 2 N–H and O–H groups in total.